The summed E-state index contributed by atoms with van der Waals surface area (Å²) in [5.74, 6) is 0. The number of rotatable bonds is 3. The number of aromatic nitrogens is 4. The standard InChI is InChI=1S/C9H13N5/c1-3-14(2)4-7-8-9(12-5-10-7)13-6-11-8/h5-6H,3-4H2,1-2H3,(H,10,11,12,13). The van der Waals surface area contributed by atoms with Gasteiger partial charge in [-0.1, -0.05) is 6.92 Å². The molecule has 0 bridgehead atoms. The van der Waals surface area contributed by atoms with E-state index in [0.717, 1.165) is 29.9 Å². The maximum absolute atomic E-state index is 4.24. The average Bonchev–Trinajstić information content (AvgIpc) is 2.66. The molecule has 5 nitrogen and oxygen atoms in total. The molecule has 0 spiro atoms. The summed E-state index contributed by atoms with van der Waals surface area (Å²) in [5.41, 5.74) is 2.67. The van der Waals surface area contributed by atoms with Crippen molar-refractivity contribution in [3.63, 3.8) is 0 Å². The van der Waals surface area contributed by atoms with E-state index < -0.39 is 0 Å². The van der Waals surface area contributed by atoms with Crippen LogP contribution in [0.5, 0.6) is 0 Å². The number of nitrogens with zero attached hydrogens (tertiary/aromatic N) is 4. The van der Waals surface area contributed by atoms with Crippen molar-refractivity contribution >= 4 is 11.2 Å². The van der Waals surface area contributed by atoms with E-state index in [9.17, 15) is 0 Å². The predicted octanol–water partition coefficient (Wildman–Crippen LogP) is 0.805. The molecule has 0 radical (unpaired) electrons. The normalized spacial score (nSPS) is 11.4. The zero-order valence-corrected chi connectivity index (χ0v) is 8.36. The molecule has 0 amide bonds. The van der Waals surface area contributed by atoms with E-state index in [1.165, 1.54) is 0 Å². The van der Waals surface area contributed by atoms with Crippen molar-refractivity contribution in [2.75, 3.05) is 13.6 Å². The van der Waals surface area contributed by atoms with E-state index in [-0.39, 0.29) is 0 Å². The zero-order valence-electron chi connectivity index (χ0n) is 8.36. The van der Waals surface area contributed by atoms with Gasteiger partial charge in [0.1, 0.15) is 11.8 Å². The molecule has 2 aromatic heterocycles. The van der Waals surface area contributed by atoms with Gasteiger partial charge in [-0.3, -0.25) is 0 Å². The van der Waals surface area contributed by atoms with Crippen molar-refractivity contribution in [3.05, 3.63) is 18.3 Å². The molecule has 74 valence electrons. The van der Waals surface area contributed by atoms with Crippen molar-refractivity contribution in [3.8, 4) is 0 Å². The van der Waals surface area contributed by atoms with E-state index in [1.807, 2.05) is 0 Å². The maximum Gasteiger partial charge on any atom is 0.180 e. The first-order chi connectivity index (χ1) is 6.81. The summed E-state index contributed by atoms with van der Waals surface area (Å²) < 4.78 is 0. The Balaban J connectivity index is 2.36. The summed E-state index contributed by atoms with van der Waals surface area (Å²) in [6.07, 6.45) is 3.21. The second-order valence-corrected chi connectivity index (χ2v) is 3.25. The van der Waals surface area contributed by atoms with Crippen LogP contribution in [0.1, 0.15) is 12.6 Å². The number of aromatic amines is 1. The highest BCUT2D eigenvalue weighted by atomic mass is 15.1. The Morgan fingerprint density at radius 3 is 3.00 bits per heavy atom. The monoisotopic (exact) mass is 191 g/mol. The summed E-state index contributed by atoms with van der Waals surface area (Å²) in [7, 11) is 2.06. The quantitative estimate of drug-likeness (QED) is 0.779. The summed E-state index contributed by atoms with van der Waals surface area (Å²) in [5, 5.41) is 0. The lowest BCUT2D eigenvalue weighted by molar-refractivity contribution is 0.342. The first-order valence-corrected chi connectivity index (χ1v) is 4.62. The van der Waals surface area contributed by atoms with Gasteiger partial charge in [-0.25, -0.2) is 15.0 Å². The molecular weight excluding hydrogens is 178 g/mol. The lowest BCUT2D eigenvalue weighted by Gasteiger charge is -2.12. The minimum absolute atomic E-state index is 0.736. The third-order valence-electron chi connectivity index (χ3n) is 2.26. The molecule has 0 aromatic carbocycles. The SMILES string of the molecule is CCN(C)Cc1ncnc2nc[nH]c12. The molecule has 0 saturated heterocycles. The minimum atomic E-state index is 0.736. The van der Waals surface area contributed by atoms with Crippen LogP contribution in [-0.4, -0.2) is 38.4 Å². The van der Waals surface area contributed by atoms with Crippen molar-refractivity contribution < 1.29 is 0 Å². The smallest absolute Gasteiger partial charge is 0.180 e. The van der Waals surface area contributed by atoms with Crippen LogP contribution in [0.2, 0.25) is 0 Å². The van der Waals surface area contributed by atoms with Crippen molar-refractivity contribution in [2.24, 2.45) is 0 Å². The Morgan fingerprint density at radius 2 is 2.21 bits per heavy atom. The van der Waals surface area contributed by atoms with Crippen LogP contribution < -0.4 is 0 Å². The highest BCUT2D eigenvalue weighted by Gasteiger charge is 2.06. The van der Waals surface area contributed by atoms with Crippen LogP contribution in [0.15, 0.2) is 12.7 Å². The summed E-state index contributed by atoms with van der Waals surface area (Å²) in [4.78, 5) is 17.6. The van der Waals surface area contributed by atoms with Gasteiger partial charge in [0.25, 0.3) is 0 Å². The first-order valence-electron chi connectivity index (χ1n) is 4.62. The number of hydrogen-bond acceptors (Lipinski definition) is 4. The van der Waals surface area contributed by atoms with E-state index in [0.29, 0.717) is 0 Å². The third kappa shape index (κ3) is 1.58. The zero-order chi connectivity index (χ0) is 9.97. The molecule has 2 rings (SSSR count). The number of fused-ring (bicyclic) bond motifs is 1. The Morgan fingerprint density at radius 1 is 1.36 bits per heavy atom. The van der Waals surface area contributed by atoms with E-state index >= 15 is 0 Å². The van der Waals surface area contributed by atoms with Crippen molar-refractivity contribution in [2.45, 2.75) is 13.5 Å². The molecule has 0 aliphatic rings. The minimum Gasteiger partial charge on any atom is -0.342 e. The number of imidazole rings is 1. The molecule has 0 unspecified atom stereocenters. The Labute approximate surface area is 82.2 Å². The summed E-state index contributed by atoms with van der Waals surface area (Å²) in [6, 6.07) is 0. The molecule has 1 N–H and O–H groups in total. The fourth-order valence-corrected chi connectivity index (χ4v) is 1.30. The van der Waals surface area contributed by atoms with Gasteiger partial charge in [0, 0.05) is 6.54 Å². The maximum atomic E-state index is 4.24. The number of H-pyrrole nitrogens is 1. The van der Waals surface area contributed by atoms with Crippen LogP contribution in [0.25, 0.3) is 11.2 Å². The molecular formula is C9H13N5. The molecule has 0 saturated carbocycles. The topological polar surface area (TPSA) is 57.7 Å². The van der Waals surface area contributed by atoms with Crippen molar-refractivity contribution in [1.29, 1.82) is 0 Å². The van der Waals surface area contributed by atoms with Gasteiger partial charge in [0.15, 0.2) is 5.65 Å². The Bertz CT molecular complexity index is 422. The van der Waals surface area contributed by atoms with Gasteiger partial charge in [0.05, 0.1) is 12.0 Å². The van der Waals surface area contributed by atoms with E-state index in [2.05, 4.69) is 38.8 Å². The Hall–Kier alpha value is -1.49. The third-order valence-corrected chi connectivity index (χ3v) is 2.26. The lowest BCUT2D eigenvalue weighted by atomic mass is 10.3. The predicted molar refractivity (Wildman–Crippen MR) is 53.7 cm³/mol. The van der Waals surface area contributed by atoms with Crippen LogP contribution in [0.3, 0.4) is 0 Å². The first kappa shape index (κ1) is 9.08. The molecule has 14 heavy (non-hydrogen) atoms. The fourth-order valence-electron chi connectivity index (χ4n) is 1.30. The van der Waals surface area contributed by atoms with Crippen LogP contribution in [-0.2, 0) is 6.54 Å². The molecule has 2 aromatic rings. The van der Waals surface area contributed by atoms with Gasteiger partial charge in [-0.2, -0.15) is 0 Å². The van der Waals surface area contributed by atoms with Crippen LogP contribution in [0.4, 0.5) is 0 Å². The average molecular weight is 191 g/mol. The molecule has 0 aliphatic heterocycles. The summed E-state index contributed by atoms with van der Waals surface area (Å²) in [6.45, 7) is 3.93. The van der Waals surface area contributed by atoms with Crippen LogP contribution in [0, 0.1) is 0 Å². The molecule has 2 heterocycles. The van der Waals surface area contributed by atoms with Crippen LogP contribution >= 0.6 is 0 Å². The molecule has 0 fully saturated rings. The molecule has 0 aliphatic carbocycles. The van der Waals surface area contributed by atoms with Gasteiger partial charge in [-0.15, -0.1) is 0 Å². The summed E-state index contributed by atoms with van der Waals surface area (Å²) >= 11 is 0. The highest BCUT2D eigenvalue weighted by molar-refractivity contribution is 5.71. The fraction of sp³-hybridized carbons (Fsp3) is 0.444. The van der Waals surface area contributed by atoms with E-state index in [1.54, 1.807) is 12.7 Å². The van der Waals surface area contributed by atoms with Gasteiger partial charge in [-0.05, 0) is 13.6 Å². The number of hydrogen-bond donors (Lipinski definition) is 1. The largest absolute Gasteiger partial charge is 0.342 e. The van der Waals surface area contributed by atoms with Gasteiger partial charge >= 0.3 is 0 Å². The lowest BCUT2D eigenvalue weighted by Crippen LogP contribution is -2.17. The highest BCUT2D eigenvalue weighted by Crippen LogP contribution is 2.10. The second kappa shape index (κ2) is 3.71. The van der Waals surface area contributed by atoms with Crippen molar-refractivity contribution in [1.82, 2.24) is 24.8 Å². The van der Waals surface area contributed by atoms with Gasteiger partial charge in [0.2, 0.25) is 0 Å². The van der Waals surface area contributed by atoms with E-state index in [4.69, 9.17) is 0 Å². The number of nitrogens with one attached hydrogen (secondary N) is 1. The second-order valence-electron chi connectivity index (χ2n) is 3.25. The van der Waals surface area contributed by atoms with Gasteiger partial charge < -0.3 is 9.88 Å². The molecule has 0 atom stereocenters. The Kier molecular flexibility index (Phi) is 2.41. The molecule has 5 heteroatoms.